The van der Waals surface area contributed by atoms with Crippen LogP contribution >= 0.6 is 11.6 Å². The Kier molecular flexibility index (Phi) is 5.60. The van der Waals surface area contributed by atoms with Crippen molar-refractivity contribution in [2.75, 3.05) is 11.9 Å². The molecule has 0 saturated heterocycles. The predicted octanol–water partition coefficient (Wildman–Crippen LogP) is 3.07. The Morgan fingerprint density at radius 3 is 2.48 bits per heavy atom. The van der Waals surface area contributed by atoms with Gasteiger partial charge in [0.05, 0.1) is 16.8 Å². The molecule has 1 atom stereocenters. The maximum atomic E-state index is 11.7. The second-order valence-corrected chi connectivity index (χ2v) is 5.07. The third-order valence-corrected chi connectivity index (χ3v) is 3.26. The maximum Gasteiger partial charge on any atom is 0.319 e. The first-order valence-electron chi connectivity index (χ1n) is 6.66. The lowest BCUT2D eigenvalue weighted by Crippen LogP contribution is -2.36. The molecule has 0 heterocycles. The van der Waals surface area contributed by atoms with Crippen molar-refractivity contribution in [3.05, 3.63) is 65.2 Å². The van der Waals surface area contributed by atoms with Gasteiger partial charge >= 0.3 is 6.03 Å². The van der Waals surface area contributed by atoms with Crippen molar-refractivity contribution < 1.29 is 9.90 Å². The number of aliphatic hydroxyl groups excluding tert-OH is 1. The third kappa shape index (κ3) is 5.10. The standard InChI is InChI=1S/C16H17ClN2O2/c17-14-8-4-5-9-15(14)19-16(21)18-11-13(20)10-12-6-2-1-3-7-12/h1-9,13,20H,10-11H2,(H2,18,19,21)/t13-/m0/s1. The summed E-state index contributed by atoms with van der Waals surface area (Å²) < 4.78 is 0. The van der Waals surface area contributed by atoms with E-state index in [4.69, 9.17) is 11.6 Å². The summed E-state index contributed by atoms with van der Waals surface area (Å²) in [6.45, 7) is 0.172. The van der Waals surface area contributed by atoms with Crippen LogP contribution in [0.15, 0.2) is 54.6 Å². The highest BCUT2D eigenvalue weighted by Gasteiger charge is 2.09. The van der Waals surface area contributed by atoms with E-state index < -0.39 is 12.1 Å². The van der Waals surface area contributed by atoms with Gasteiger partial charge in [-0.3, -0.25) is 0 Å². The van der Waals surface area contributed by atoms with Gasteiger partial charge in [0.15, 0.2) is 0 Å². The Labute approximate surface area is 128 Å². The molecule has 0 aliphatic carbocycles. The zero-order valence-corrected chi connectivity index (χ0v) is 12.2. The minimum absolute atomic E-state index is 0.172. The van der Waals surface area contributed by atoms with E-state index in [0.717, 1.165) is 5.56 Å². The zero-order valence-electron chi connectivity index (χ0n) is 11.4. The Morgan fingerprint density at radius 1 is 1.10 bits per heavy atom. The summed E-state index contributed by atoms with van der Waals surface area (Å²) in [6, 6.07) is 16.2. The smallest absolute Gasteiger partial charge is 0.319 e. The number of rotatable bonds is 5. The van der Waals surface area contributed by atoms with Crippen molar-refractivity contribution in [2.45, 2.75) is 12.5 Å². The summed E-state index contributed by atoms with van der Waals surface area (Å²) in [5.41, 5.74) is 1.56. The Bertz CT molecular complexity index is 590. The van der Waals surface area contributed by atoms with Gasteiger partial charge < -0.3 is 15.7 Å². The van der Waals surface area contributed by atoms with Gasteiger partial charge in [0.1, 0.15) is 0 Å². The fourth-order valence-electron chi connectivity index (χ4n) is 1.90. The number of halogens is 1. The molecule has 0 saturated carbocycles. The number of carbonyl (C=O) groups is 1. The molecule has 2 aromatic carbocycles. The second-order valence-electron chi connectivity index (χ2n) is 4.66. The molecule has 0 aromatic heterocycles. The molecule has 110 valence electrons. The molecular formula is C16H17ClN2O2. The minimum atomic E-state index is -0.635. The molecule has 4 nitrogen and oxygen atoms in total. The van der Waals surface area contributed by atoms with E-state index in [2.05, 4.69) is 10.6 Å². The van der Waals surface area contributed by atoms with Gasteiger partial charge in [0, 0.05) is 13.0 Å². The van der Waals surface area contributed by atoms with Crippen LogP contribution in [0.5, 0.6) is 0 Å². The lowest BCUT2D eigenvalue weighted by atomic mass is 10.1. The van der Waals surface area contributed by atoms with Crippen LogP contribution in [0.4, 0.5) is 10.5 Å². The molecule has 5 heteroatoms. The number of benzene rings is 2. The summed E-state index contributed by atoms with van der Waals surface area (Å²) in [4.78, 5) is 11.7. The average Bonchev–Trinajstić information content (AvgIpc) is 2.49. The highest BCUT2D eigenvalue weighted by Crippen LogP contribution is 2.19. The summed E-state index contributed by atoms with van der Waals surface area (Å²) >= 11 is 5.95. The molecule has 0 aliphatic heterocycles. The monoisotopic (exact) mass is 304 g/mol. The largest absolute Gasteiger partial charge is 0.391 e. The number of anilines is 1. The molecule has 2 rings (SSSR count). The van der Waals surface area contributed by atoms with E-state index in [1.807, 2.05) is 30.3 Å². The van der Waals surface area contributed by atoms with Crippen molar-refractivity contribution >= 4 is 23.3 Å². The lowest BCUT2D eigenvalue weighted by Gasteiger charge is -2.13. The fourth-order valence-corrected chi connectivity index (χ4v) is 2.08. The van der Waals surface area contributed by atoms with Crippen LogP contribution in [-0.4, -0.2) is 23.8 Å². The SMILES string of the molecule is O=C(NC[C@@H](O)Cc1ccccc1)Nc1ccccc1Cl. The van der Waals surface area contributed by atoms with Crippen LogP contribution in [-0.2, 0) is 6.42 Å². The molecule has 0 radical (unpaired) electrons. The number of hydrogen-bond donors (Lipinski definition) is 3. The summed E-state index contributed by atoms with van der Waals surface area (Å²) in [6.07, 6.45) is -0.142. The average molecular weight is 305 g/mol. The molecule has 0 fully saturated rings. The first-order valence-corrected chi connectivity index (χ1v) is 7.04. The lowest BCUT2D eigenvalue weighted by molar-refractivity contribution is 0.172. The van der Waals surface area contributed by atoms with Crippen molar-refractivity contribution in [3.8, 4) is 0 Å². The number of nitrogens with one attached hydrogen (secondary N) is 2. The molecule has 21 heavy (non-hydrogen) atoms. The van der Waals surface area contributed by atoms with E-state index in [1.165, 1.54) is 0 Å². The van der Waals surface area contributed by atoms with Crippen molar-refractivity contribution in [1.82, 2.24) is 5.32 Å². The van der Waals surface area contributed by atoms with Gasteiger partial charge in [0.2, 0.25) is 0 Å². The molecule has 3 N–H and O–H groups in total. The van der Waals surface area contributed by atoms with Crippen LogP contribution in [0.1, 0.15) is 5.56 Å². The first kappa shape index (κ1) is 15.4. The second kappa shape index (κ2) is 7.67. The van der Waals surface area contributed by atoms with Gasteiger partial charge in [-0.05, 0) is 17.7 Å². The molecule has 0 bridgehead atoms. The molecular weight excluding hydrogens is 288 g/mol. The Morgan fingerprint density at radius 2 is 1.76 bits per heavy atom. The molecule has 0 spiro atoms. The number of urea groups is 1. The quantitative estimate of drug-likeness (QED) is 0.795. The van der Waals surface area contributed by atoms with Crippen LogP contribution in [0.25, 0.3) is 0 Å². The van der Waals surface area contributed by atoms with Crippen LogP contribution in [0.2, 0.25) is 5.02 Å². The molecule has 2 aromatic rings. The third-order valence-electron chi connectivity index (χ3n) is 2.93. The zero-order chi connectivity index (χ0) is 15.1. The van der Waals surface area contributed by atoms with E-state index >= 15 is 0 Å². The molecule has 2 amide bonds. The predicted molar refractivity (Wildman–Crippen MR) is 84.6 cm³/mol. The van der Waals surface area contributed by atoms with E-state index in [9.17, 15) is 9.90 Å². The van der Waals surface area contributed by atoms with Crippen LogP contribution < -0.4 is 10.6 Å². The van der Waals surface area contributed by atoms with Gasteiger partial charge in [-0.15, -0.1) is 0 Å². The Hall–Kier alpha value is -2.04. The number of para-hydroxylation sites is 1. The highest BCUT2D eigenvalue weighted by atomic mass is 35.5. The fraction of sp³-hybridized carbons (Fsp3) is 0.188. The highest BCUT2D eigenvalue weighted by molar-refractivity contribution is 6.33. The van der Waals surface area contributed by atoms with Crippen LogP contribution in [0, 0.1) is 0 Å². The molecule has 0 unspecified atom stereocenters. The first-order chi connectivity index (χ1) is 10.1. The van der Waals surface area contributed by atoms with Gasteiger partial charge in [-0.2, -0.15) is 0 Å². The summed E-state index contributed by atoms with van der Waals surface area (Å²) in [5, 5.41) is 15.6. The van der Waals surface area contributed by atoms with Crippen molar-refractivity contribution in [2.24, 2.45) is 0 Å². The number of carbonyl (C=O) groups excluding carboxylic acids is 1. The summed E-state index contributed by atoms with van der Waals surface area (Å²) in [5.74, 6) is 0. The molecule has 0 aliphatic rings. The normalized spacial score (nSPS) is 11.7. The van der Waals surface area contributed by atoms with Crippen LogP contribution in [0.3, 0.4) is 0 Å². The minimum Gasteiger partial charge on any atom is -0.391 e. The van der Waals surface area contributed by atoms with E-state index in [1.54, 1.807) is 24.3 Å². The number of aliphatic hydroxyl groups is 1. The number of amides is 2. The van der Waals surface area contributed by atoms with Crippen molar-refractivity contribution in [3.63, 3.8) is 0 Å². The van der Waals surface area contributed by atoms with E-state index in [0.29, 0.717) is 17.1 Å². The van der Waals surface area contributed by atoms with Crippen molar-refractivity contribution in [1.29, 1.82) is 0 Å². The topological polar surface area (TPSA) is 61.4 Å². The maximum absolute atomic E-state index is 11.7. The van der Waals surface area contributed by atoms with Gasteiger partial charge in [-0.25, -0.2) is 4.79 Å². The van der Waals surface area contributed by atoms with E-state index in [-0.39, 0.29) is 6.54 Å². The summed E-state index contributed by atoms with van der Waals surface area (Å²) in [7, 11) is 0. The Balaban J connectivity index is 1.77. The van der Waals surface area contributed by atoms with Gasteiger partial charge in [-0.1, -0.05) is 54.1 Å². The number of hydrogen-bond acceptors (Lipinski definition) is 2. The van der Waals surface area contributed by atoms with Gasteiger partial charge in [0.25, 0.3) is 0 Å².